The second kappa shape index (κ2) is 3.15. The number of carbonyl (C=O) groups excluding carboxylic acids is 1. The molecule has 0 aromatic rings. The summed E-state index contributed by atoms with van der Waals surface area (Å²) in [5.74, 6) is 0.777. The Balaban J connectivity index is 2.45. The lowest BCUT2D eigenvalue weighted by atomic mass is 9.95. The average molecular weight is 141 g/mol. The fourth-order valence-electron chi connectivity index (χ4n) is 1.43. The summed E-state index contributed by atoms with van der Waals surface area (Å²) in [4.78, 5) is 13.4. The molecule has 0 aromatic carbocycles. The smallest absolute Gasteiger partial charge is 0.138 e. The molecule has 2 nitrogen and oxygen atoms in total. The van der Waals surface area contributed by atoms with Crippen LogP contribution in [0.3, 0.4) is 0 Å². The Hall–Kier alpha value is -0.370. The van der Waals surface area contributed by atoms with Gasteiger partial charge in [0.1, 0.15) is 5.78 Å². The molecule has 0 aromatic heterocycles. The first-order valence-electron chi connectivity index (χ1n) is 3.95. The number of carbonyl (C=O) groups is 1. The third-order valence-corrected chi connectivity index (χ3v) is 2.22. The van der Waals surface area contributed by atoms with Gasteiger partial charge in [0, 0.05) is 25.4 Å². The average Bonchev–Trinajstić information content (AvgIpc) is 1.94. The first kappa shape index (κ1) is 7.73. The van der Waals surface area contributed by atoms with E-state index in [9.17, 15) is 4.79 Å². The van der Waals surface area contributed by atoms with E-state index >= 15 is 0 Å². The van der Waals surface area contributed by atoms with Gasteiger partial charge < -0.3 is 4.90 Å². The summed E-state index contributed by atoms with van der Waals surface area (Å²) >= 11 is 0. The zero-order chi connectivity index (χ0) is 7.56. The van der Waals surface area contributed by atoms with E-state index in [1.807, 2.05) is 0 Å². The lowest BCUT2D eigenvalue weighted by Gasteiger charge is -2.27. The maximum atomic E-state index is 11.1. The molecule has 0 amide bonds. The van der Waals surface area contributed by atoms with Crippen LogP contribution in [0.25, 0.3) is 0 Å². The lowest BCUT2D eigenvalue weighted by Crippen LogP contribution is -2.37. The van der Waals surface area contributed by atoms with Crippen LogP contribution in [0.2, 0.25) is 0 Å². The molecule has 0 N–H and O–H groups in total. The number of ketones is 1. The van der Waals surface area contributed by atoms with Gasteiger partial charge in [-0.3, -0.25) is 4.79 Å². The molecule has 0 aliphatic carbocycles. The van der Waals surface area contributed by atoms with Crippen LogP contribution in [0.1, 0.15) is 19.8 Å². The van der Waals surface area contributed by atoms with E-state index in [1.54, 1.807) is 0 Å². The minimum atomic E-state index is 0.318. The van der Waals surface area contributed by atoms with Crippen molar-refractivity contribution < 1.29 is 4.79 Å². The van der Waals surface area contributed by atoms with E-state index in [-0.39, 0.29) is 0 Å². The van der Waals surface area contributed by atoms with E-state index in [0.29, 0.717) is 11.7 Å². The van der Waals surface area contributed by atoms with Crippen LogP contribution < -0.4 is 0 Å². The van der Waals surface area contributed by atoms with Crippen LogP contribution in [-0.4, -0.2) is 30.8 Å². The van der Waals surface area contributed by atoms with Crippen LogP contribution in [0, 0.1) is 5.92 Å². The molecule has 1 saturated heterocycles. The van der Waals surface area contributed by atoms with Crippen molar-refractivity contribution in [2.24, 2.45) is 5.92 Å². The number of piperidine rings is 1. The van der Waals surface area contributed by atoms with E-state index in [2.05, 4.69) is 18.9 Å². The van der Waals surface area contributed by atoms with Crippen molar-refractivity contribution in [2.45, 2.75) is 19.8 Å². The number of hydrogen-bond acceptors (Lipinski definition) is 2. The molecule has 0 radical (unpaired) electrons. The molecule has 1 aliphatic rings. The highest BCUT2D eigenvalue weighted by atomic mass is 16.1. The van der Waals surface area contributed by atoms with E-state index in [0.717, 1.165) is 25.9 Å². The zero-order valence-corrected chi connectivity index (χ0v) is 6.76. The summed E-state index contributed by atoms with van der Waals surface area (Å²) in [6.45, 7) is 4.01. The third-order valence-electron chi connectivity index (χ3n) is 2.22. The van der Waals surface area contributed by atoms with E-state index in [4.69, 9.17) is 0 Å². The minimum absolute atomic E-state index is 0.318. The number of Topliss-reactive ketones (excluding diaryl/α,β-unsaturated/α-hetero) is 1. The molecule has 1 rings (SSSR count). The molecule has 10 heavy (non-hydrogen) atoms. The monoisotopic (exact) mass is 141 g/mol. The Labute approximate surface area is 62.2 Å². The standard InChI is InChI=1S/C8H15NO/c1-3-7-6-9(2)5-4-8(7)10/h7H,3-6H2,1-2H3/t7-/m0/s1. The summed E-state index contributed by atoms with van der Waals surface area (Å²) in [7, 11) is 2.08. The Morgan fingerprint density at radius 2 is 2.40 bits per heavy atom. The van der Waals surface area contributed by atoms with Crippen molar-refractivity contribution in [1.82, 2.24) is 4.90 Å². The first-order valence-corrected chi connectivity index (χ1v) is 3.95. The molecule has 0 unspecified atom stereocenters. The molecule has 1 fully saturated rings. The van der Waals surface area contributed by atoms with Crippen molar-refractivity contribution in [3.8, 4) is 0 Å². The van der Waals surface area contributed by atoms with Gasteiger partial charge >= 0.3 is 0 Å². The van der Waals surface area contributed by atoms with Crippen LogP contribution >= 0.6 is 0 Å². The quantitative estimate of drug-likeness (QED) is 0.541. The second-order valence-electron chi connectivity index (χ2n) is 3.08. The lowest BCUT2D eigenvalue weighted by molar-refractivity contribution is -0.125. The number of likely N-dealkylation sites (tertiary alicyclic amines) is 1. The van der Waals surface area contributed by atoms with Gasteiger partial charge in [-0.15, -0.1) is 0 Å². The predicted molar refractivity (Wildman–Crippen MR) is 40.9 cm³/mol. The Bertz CT molecular complexity index is 133. The predicted octanol–water partition coefficient (Wildman–Crippen LogP) is 0.917. The number of nitrogens with zero attached hydrogens (tertiary/aromatic N) is 1. The van der Waals surface area contributed by atoms with Gasteiger partial charge in [0.25, 0.3) is 0 Å². The van der Waals surface area contributed by atoms with Gasteiger partial charge in [-0.25, -0.2) is 0 Å². The summed E-state index contributed by atoms with van der Waals surface area (Å²) < 4.78 is 0. The van der Waals surface area contributed by atoms with Crippen molar-refractivity contribution >= 4 is 5.78 Å². The van der Waals surface area contributed by atoms with Gasteiger partial charge in [-0.2, -0.15) is 0 Å². The van der Waals surface area contributed by atoms with Crippen LogP contribution in [0.15, 0.2) is 0 Å². The van der Waals surface area contributed by atoms with Crippen molar-refractivity contribution in [2.75, 3.05) is 20.1 Å². The highest BCUT2D eigenvalue weighted by molar-refractivity contribution is 5.82. The Kier molecular flexibility index (Phi) is 2.44. The normalized spacial score (nSPS) is 29.0. The summed E-state index contributed by atoms with van der Waals surface area (Å²) in [6.07, 6.45) is 1.76. The summed E-state index contributed by atoms with van der Waals surface area (Å²) in [5.41, 5.74) is 0. The Morgan fingerprint density at radius 1 is 1.70 bits per heavy atom. The van der Waals surface area contributed by atoms with E-state index in [1.165, 1.54) is 0 Å². The SMILES string of the molecule is CC[C@H]1CN(C)CCC1=O. The van der Waals surface area contributed by atoms with Crippen LogP contribution in [0.5, 0.6) is 0 Å². The van der Waals surface area contributed by atoms with Crippen LogP contribution in [0.4, 0.5) is 0 Å². The number of hydrogen-bond donors (Lipinski definition) is 0. The van der Waals surface area contributed by atoms with Gasteiger partial charge in [0.05, 0.1) is 0 Å². The van der Waals surface area contributed by atoms with Crippen molar-refractivity contribution in [3.05, 3.63) is 0 Å². The highest BCUT2D eigenvalue weighted by Crippen LogP contribution is 2.13. The van der Waals surface area contributed by atoms with Gasteiger partial charge in [0.15, 0.2) is 0 Å². The molecule has 1 aliphatic heterocycles. The summed E-state index contributed by atoms with van der Waals surface area (Å²) in [5, 5.41) is 0. The first-order chi connectivity index (χ1) is 4.74. The summed E-state index contributed by atoms with van der Waals surface area (Å²) in [6, 6.07) is 0. The molecule has 0 saturated carbocycles. The molecular formula is C8H15NO. The number of rotatable bonds is 1. The van der Waals surface area contributed by atoms with Gasteiger partial charge in [0.2, 0.25) is 0 Å². The Morgan fingerprint density at radius 3 is 2.90 bits per heavy atom. The molecule has 0 spiro atoms. The second-order valence-corrected chi connectivity index (χ2v) is 3.08. The fourth-order valence-corrected chi connectivity index (χ4v) is 1.43. The van der Waals surface area contributed by atoms with Crippen LogP contribution in [-0.2, 0) is 4.79 Å². The third kappa shape index (κ3) is 1.57. The largest absolute Gasteiger partial charge is 0.305 e. The van der Waals surface area contributed by atoms with E-state index < -0.39 is 0 Å². The zero-order valence-electron chi connectivity index (χ0n) is 6.76. The molecule has 1 atom stereocenters. The maximum Gasteiger partial charge on any atom is 0.138 e. The molecule has 0 bridgehead atoms. The van der Waals surface area contributed by atoms with Gasteiger partial charge in [-0.05, 0) is 13.5 Å². The topological polar surface area (TPSA) is 20.3 Å². The fraction of sp³-hybridized carbons (Fsp3) is 0.875. The maximum absolute atomic E-state index is 11.1. The minimum Gasteiger partial charge on any atom is -0.305 e. The van der Waals surface area contributed by atoms with Crippen molar-refractivity contribution in [1.29, 1.82) is 0 Å². The molecular weight excluding hydrogens is 126 g/mol. The molecule has 2 heteroatoms. The molecule has 58 valence electrons. The highest BCUT2D eigenvalue weighted by Gasteiger charge is 2.22. The van der Waals surface area contributed by atoms with Gasteiger partial charge in [-0.1, -0.05) is 6.92 Å². The molecule has 1 heterocycles. The van der Waals surface area contributed by atoms with Crippen molar-refractivity contribution in [3.63, 3.8) is 0 Å².